The first-order valence-corrected chi connectivity index (χ1v) is 7.84. The van der Waals surface area contributed by atoms with Gasteiger partial charge in [-0.25, -0.2) is 9.97 Å². The molecule has 0 aliphatic carbocycles. The molecule has 1 atom stereocenters. The molecule has 1 aliphatic rings. The summed E-state index contributed by atoms with van der Waals surface area (Å²) in [6.45, 7) is 3.94. The van der Waals surface area contributed by atoms with E-state index in [-0.39, 0.29) is 0 Å². The zero-order chi connectivity index (χ0) is 13.7. The summed E-state index contributed by atoms with van der Waals surface area (Å²) in [6.07, 6.45) is 5.93. The maximum absolute atomic E-state index is 5.78. The van der Waals surface area contributed by atoms with Crippen LogP contribution in [-0.4, -0.2) is 36.3 Å². The predicted octanol–water partition coefficient (Wildman–Crippen LogP) is 3.20. The van der Waals surface area contributed by atoms with E-state index in [1.807, 2.05) is 6.07 Å². The fourth-order valence-corrected chi connectivity index (χ4v) is 2.74. The maximum Gasteiger partial charge on any atom is 0.133 e. The molecule has 1 aliphatic heterocycles. The van der Waals surface area contributed by atoms with Crippen molar-refractivity contribution in [1.82, 2.24) is 9.97 Å². The molecule has 1 aromatic rings. The number of halogens is 1. The van der Waals surface area contributed by atoms with Crippen LogP contribution in [0.1, 0.15) is 38.4 Å². The van der Waals surface area contributed by atoms with E-state index in [0.717, 1.165) is 48.7 Å². The highest BCUT2D eigenvalue weighted by molar-refractivity contribution is 9.10. The number of aryl methyl sites for hydroxylation is 1. The third kappa shape index (κ3) is 4.42. The van der Waals surface area contributed by atoms with Crippen LogP contribution in [0.5, 0.6) is 0 Å². The Bertz CT molecular complexity index is 408. The number of nitrogens with zero attached hydrogens (tertiary/aromatic N) is 3. The minimum Gasteiger partial charge on any atom is -0.376 e. The summed E-state index contributed by atoms with van der Waals surface area (Å²) < 4.78 is 6.64. The van der Waals surface area contributed by atoms with Crippen LogP contribution >= 0.6 is 15.9 Å². The van der Waals surface area contributed by atoms with Crippen molar-refractivity contribution in [2.24, 2.45) is 0 Å². The normalized spacial score (nSPS) is 19.4. The van der Waals surface area contributed by atoms with Crippen LogP contribution in [0.25, 0.3) is 0 Å². The van der Waals surface area contributed by atoms with Crippen molar-refractivity contribution in [3.05, 3.63) is 16.5 Å². The van der Waals surface area contributed by atoms with Gasteiger partial charge in [-0.3, -0.25) is 0 Å². The average Bonchev–Trinajstić information content (AvgIpc) is 2.39. The topological polar surface area (TPSA) is 38.2 Å². The van der Waals surface area contributed by atoms with E-state index in [0.29, 0.717) is 6.10 Å². The van der Waals surface area contributed by atoms with Gasteiger partial charge in [0.05, 0.1) is 6.10 Å². The van der Waals surface area contributed by atoms with Gasteiger partial charge in [0.25, 0.3) is 0 Å². The van der Waals surface area contributed by atoms with Crippen molar-refractivity contribution < 1.29 is 4.74 Å². The Labute approximate surface area is 123 Å². The number of likely N-dealkylation sites (N-methyl/N-ethyl adjacent to an activating group) is 1. The molecule has 0 bridgehead atoms. The largest absolute Gasteiger partial charge is 0.376 e. The van der Waals surface area contributed by atoms with E-state index in [2.05, 4.69) is 44.8 Å². The quantitative estimate of drug-likeness (QED) is 0.778. The van der Waals surface area contributed by atoms with Gasteiger partial charge in [0.1, 0.15) is 16.2 Å². The molecule has 19 heavy (non-hydrogen) atoms. The van der Waals surface area contributed by atoms with Crippen LogP contribution in [0.3, 0.4) is 0 Å². The molecule has 0 N–H and O–H groups in total. The zero-order valence-electron chi connectivity index (χ0n) is 11.7. The van der Waals surface area contributed by atoms with Gasteiger partial charge in [-0.1, -0.05) is 6.92 Å². The van der Waals surface area contributed by atoms with E-state index in [1.165, 1.54) is 12.8 Å². The molecular formula is C14H22BrN3O. The molecule has 0 amide bonds. The third-order valence-electron chi connectivity index (χ3n) is 3.34. The molecule has 0 radical (unpaired) electrons. The van der Waals surface area contributed by atoms with E-state index in [4.69, 9.17) is 4.74 Å². The highest BCUT2D eigenvalue weighted by atomic mass is 79.9. The van der Waals surface area contributed by atoms with Gasteiger partial charge in [0, 0.05) is 32.7 Å². The second-order valence-electron chi connectivity index (χ2n) is 5.08. The summed E-state index contributed by atoms with van der Waals surface area (Å²) in [5, 5.41) is 0. The van der Waals surface area contributed by atoms with Crippen molar-refractivity contribution in [2.45, 2.75) is 45.1 Å². The lowest BCUT2D eigenvalue weighted by Crippen LogP contribution is -2.33. The Hall–Kier alpha value is -0.680. The lowest BCUT2D eigenvalue weighted by Gasteiger charge is -2.28. The zero-order valence-corrected chi connectivity index (χ0v) is 13.3. The minimum atomic E-state index is 0.335. The molecule has 1 aromatic heterocycles. The van der Waals surface area contributed by atoms with Gasteiger partial charge in [-0.15, -0.1) is 0 Å². The first kappa shape index (κ1) is 14.7. The van der Waals surface area contributed by atoms with Crippen LogP contribution in [0, 0.1) is 0 Å². The highest BCUT2D eigenvalue weighted by Crippen LogP contribution is 2.19. The Morgan fingerprint density at radius 3 is 2.95 bits per heavy atom. The number of hydrogen-bond donors (Lipinski definition) is 0. The van der Waals surface area contributed by atoms with Gasteiger partial charge in [0.15, 0.2) is 0 Å². The molecule has 4 nitrogen and oxygen atoms in total. The van der Waals surface area contributed by atoms with Crippen LogP contribution < -0.4 is 4.90 Å². The Balaban J connectivity index is 2.02. The molecule has 0 saturated carbocycles. The predicted molar refractivity (Wildman–Crippen MR) is 80.6 cm³/mol. The van der Waals surface area contributed by atoms with Gasteiger partial charge in [-0.05, 0) is 41.6 Å². The molecule has 0 spiro atoms. The number of rotatable bonds is 5. The molecule has 5 heteroatoms. The Kier molecular flexibility index (Phi) is 5.58. The lowest BCUT2D eigenvalue weighted by atomic mass is 10.1. The maximum atomic E-state index is 5.78. The lowest BCUT2D eigenvalue weighted by molar-refractivity contribution is 0.0215. The number of hydrogen-bond acceptors (Lipinski definition) is 4. The van der Waals surface area contributed by atoms with E-state index in [9.17, 15) is 0 Å². The molecule has 1 fully saturated rings. The van der Waals surface area contributed by atoms with E-state index in [1.54, 1.807) is 0 Å². The summed E-state index contributed by atoms with van der Waals surface area (Å²) >= 11 is 3.47. The molecule has 2 heterocycles. The third-order valence-corrected chi connectivity index (χ3v) is 3.75. The summed E-state index contributed by atoms with van der Waals surface area (Å²) in [4.78, 5) is 11.2. The first-order chi connectivity index (χ1) is 9.19. The fourth-order valence-electron chi connectivity index (χ4n) is 2.33. The van der Waals surface area contributed by atoms with E-state index >= 15 is 0 Å². The van der Waals surface area contributed by atoms with Crippen LogP contribution in [-0.2, 0) is 11.2 Å². The summed E-state index contributed by atoms with van der Waals surface area (Å²) in [6, 6.07) is 1.97. The monoisotopic (exact) mass is 327 g/mol. The van der Waals surface area contributed by atoms with Crippen molar-refractivity contribution in [2.75, 3.05) is 25.1 Å². The van der Waals surface area contributed by atoms with Gasteiger partial charge in [0.2, 0.25) is 0 Å². The highest BCUT2D eigenvalue weighted by Gasteiger charge is 2.17. The first-order valence-electron chi connectivity index (χ1n) is 7.05. The van der Waals surface area contributed by atoms with Gasteiger partial charge < -0.3 is 9.64 Å². The molecular weight excluding hydrogens is 306 g/mol. The van der Waals surface area contributed by atoms with Gasteiger partial charge >= 0.3 is 0 Å². The van der Waals surface area contributed by atoms with Crippen molar-refractivity contribution >= 4 is 21.7 Å². The molecule has 1 saturated heterocycles. The molecule has 1 unspecified atom stereocenters. The number of anilines is 1. The standard InChI is InChI=1S/C14H22BrN3O/c1-3-6-13-16-12(15)9-14(17-13)18(2)10-11-7-4-5-8-19-11/h9,11H,3-8,10H2,1-2H3. The van der Waals surface area contributed by atoms with Crippen molar-refractivity contribution in [3.8, 4) is 0 Å². The Morgan fingerprint density at radius 2 is 2.26 bits per heavy atom. The SMILES string of the molecule is CCCc1nc(Br)cc(N(C)CC2CCCCO2)n1. The summed E-state index contributed by atoms with van der Waals surface area (Å²) in [5.41, 5.74) is 0. The van der Waals surface area contributed by atoms with Crippen LogP contribution in [0.4, 0.5) is 5.82 Å². The van der Waals surface area contributed by atoms with Crippen LogP contribution in [0.15, 0.2) is 10.7 Å². The Morgan fingerprint density at radius 1 is 1.42 bits per heavy atom. The molecule has 2 rings (SSSR count). The van der Waals surface area contributed by atoms with Crippen LogP contribution in [0.2, 0.25) is 0 Å². The second-order valence-corrected chi connectivity index (χ2v) is 5.90. The van der Waals surface area contributed by atoms with Crippen molar-refractivity contribution in [3.63, 3.8) is 0 Å². The average molecular weight is 328 g/mol. The number of ether oxygens (including phenoxy) is 1. The second kappa shape index (κ2) is 7.20. The smallest absolute Gasteiger partial charge is 0.133 e. The van der Waals surface area contributed by atoms with Gasteiger partial charge in [-0.2, -0.15) is 0 Å². The molecule has 106 valence electrons. The van der Waals surface area contributed by atoms with Crippen molar-refractivity contribution in [1.29, 1.82) is 0 Å². The summed E-state index contributed by atoms with van der Waals surface area (Å²) in [7, 11) is 2.07. The fraction of sp³-hybridized carbons (Fsp3) is 0.714. The number of aromatic nitrogens is 2. The molecule has 0 aromatic carbocycles. The van der Waals surface area contributed by atoms with E-state index < -0.39 is 0 Å². The minimum absolute atomic E-state index is 0.335. The summed E-state index contributed by atoms with van der Waals surface area (Å²) in [5.74, 6) is 1.88.